The quantitative estimate of drug-likeness (QED) is 0.486. The maximum absolute atomic E-state index is 12.9. The van der Waals surface area contributed by atoms with E-state index < -0.39 is 23.5 Å². The minimum atomic E-state index is -4.58. The van der Waals surface area contributed by atoms with Crippen LogP contribution in [0.4, 0.5) is 19.0 Å². The number of amides is 1. The fraction of sp³-hybridized carbons (Fsp3) is 0.455. The molecule has 1 aromatic heterocycles. The molecule has 0 saturated carbocycles. The van der Waals surface area contributed by atoms with Crippen LogP contribution in [0.2, 0.25) is 0 Å². The number of hydrogen-bond acceptors (Lipinski definition) is 3. The summed E-state index contributed by atoms with van der Waals surface area (Å²) >= 11 is 0. The third kappa shape index (κ3) is 2.83. The van der Waals surface area contributed by atoms with Crippen LogP contribution in [0.5, 0.6) is 0 Å². The highest BCUT2D eigenvalue weighted by atomic mass is 19.4. The van der Waals surface area contributed by atoms with Gasteiger partial charge in [-0.1, -0.05) is 5.11 Å². The van der Waals surface area contributed by atoms with Crippen molar-refractivity contribution in [2.75, 3.05) is 18.0 Å². The van der Waals surface area contributed by atoms with E-state index in [1.807, 2.05) is 0 Å². The Bertz CT molecular complexity index is 567. The molecule has 1 atom stereocenters. The van der Waals surface area contributed by atoms with Crippen LogP contribution in [0, 0.1) is 5.92 Å². The summed E-state index contributed by atoms with van der Waals surface area (Å²) in [6.45, 7) is 0.144. The number of anilines is 1. The summed E-state index contributed by atoms with van der Waals surface area (Å²) in [6.07, 6.45) is -3.32. The standard InChI is InChI=1S/C11H10F3N5O/c12-11(13,14)8-2-1-3-16-10(8)19-6-7(4-9(19)20)5-17-18-15/h1-3,7H,4-6H2. The van der Waals surface area contributed by atoms with Crippen LogP contribution in [0.1, 0.15) is 12.0 Å². The number of alkyl halides is 3. The molecule has 1 aliphatic heterocycles. The van der Waals surface area contributed by atoms with Gasteiger partial charge in [0.15, 0.2) is 0 Å². The number of azide groups is 1. The van der Waals surface area contributed by atoms with Crippen LogP contribution in [0.25, 0.3) is 10.4 Å². The number of rotatable bonds is 3. The third-order valence-electron chi connectivity index (χ3n) is 2.96. The highest BCUT2D eigenvalue weighted by Gasteiger charge is 2.39. The Morgan fingerprint density at radius 1 is 1.55 bits per heavy atom. The van der Waals surface area contributed by atoms with Crippen molar-refractivity contribution in [1.29, 1.82) is 0 Å². The number of pyridine rings is 1. The van der Waals surface area contributed by atoms with Crippen LogP contribution in [0.3, 0.4) is 0 Å². The SMILES string of the molecule is [N-]=[N+]=NCC1CC(=O)N(c2ncccc2C(F)(F)F)C1. The van der Waals surface area contributed by atoms with Crippen molar-refractivity contribution in [1.82, 2.24) is 4.98 Å². The van der Waals surface area contributed by atoms with E-state index >= 15 is 0 Å². The van der Waals surface area contributed by atoms with Crippen molar-refractivity contribution >= 4 is 11.7 Å². The average Bonchev–Trinajstić information content (AvgIpc) is 2.76. The number of carbonyl (C=O) groups is 1. The molecule has 20 heavy (non-hydrogen) atoms. The van der Waals surface area contributed by atoms with Gasteiger partial charge in [0.25, 0.3) is 0 Å². The van der Waals surface area contributed by atoms with Crippen LogP contribution < -0.4 is 4.90 Å². The first-order valence-corrected chi connectivity index (χ1v) is 5.77. The first-order chi connectivity index (χ1) is 9.43. The molecule has 1 fully saturated rings. The van der Waals surface area contributed by atoms with E-state index in [-0.39, 0.29) is 25.4 Å². The van der Waals surface area contributed by atoms with Gasteiger partial charge in [-0.15, -0.1) is 0 Å². The molecule has 1 unspecified atom stereocenters. The van der Waals surface area contributed by atoms with Gasteiger partial charge in [0, 0.05) is 30.6 Å². The Hall–Kier alpha value is -2.28. The fourth-order valence-corrected chi connectivity index (χ4v) is 2.09. The molecule has 0 aromatic carbocycles. The zero-order valence-electron chi connectivity index (χ0n) is 10.2. The molecule has 1 saturated heterocycles. The molecule has 9 heteroatoms. The van der Waals surface area contributed by atoms with Crippen molar-refractivity contribution in [2.24, 2.45) is 11.0 Å². The molecule has 0 radical (unpaired) electrons. The van der Waals surface area contributed by atoms with E-state index in [9.17, 15) is 18.0 Å². The van der Waals surface area contributed by atoms with Crippen molar-refractivity contribution < 1.29 is 18.0 Å². The molecule has 1 amide bonds. The van der Waals surface area contributed by atoms with Crippen molar-refractivity contribution in [3.8, 4) is 0 Å². The van der Waals surface area contributed by atoms with Gasteiger partial charge in [-0.2, -0.15) is 13.2 Å². The second kappa shape index (κ2) is 5.38. The van der Waals surface area contributed by atoms with Gasteiger partial charge < -0.3 is 0 Å². The van der Waals surface area contributed by atoms with Crippen LogP contribution in [-0.2, 0) is 11.0 Å². The second-order valence-corrected chi connectivity index (χ2v) is 4.36. The maximum atomic E-state index is 12.9. The average molecular weight is 285 g/mol. The van der Waals surface area contributed by atoms with E-state index in [2.05, 4.69) is 15.0 Å². The summed E-state index contributed by atoms with van der Waals surface area (Å²) in [4.78, 5) is 19.1. The van der Waals surface area contributed by atoms with Gasteiger partial charge in [-0.3, -0.25) is 9.69 Å². The zero-order chi connectivity index (χ0) is 14.8. The lowest BCUT2D eigenvalue weighted by Crippen LogP contribution is -2.28. The van der Waals surface area contributed by atoms with Crippen molar-refractivity contribution in [3.05, 3.63) is 34.3 Å². The highest BCUT2D eigenvalue weighted by Crippen LogP contribution is 2.37. The maximum Gasteiger partial charge on any atom is 0.419 e. The number of halogens is 3. The van der Waals surface area contributed by atoms with Gasteiger partial charge >= 0.3 is 6.18 Å². The normalized spacial score (nSPS) is 19.1. The Morgan fingerprint density at radius 2 is 2.30 bits per heavy atom. The monoisotopic (exact) mass is 285 g/mol. The lowest BCUT2D eigenvalue weighted by molar-refractivity contribution is -0.137. The molecule has 0 aliphatic carbocycles. The number of hydrogen-bond donors (Lipinski definition) is 0. The predicted molar refractivity (Wildman–Crippen MR) is 63.7 cm³/mol. The molecule has 0 bridgehead atoms. The van der Waals surface area contributed by atoms with Gasteiger partial charge in [0.1, 0.15) is 5.82 Å². The highest BCUT2D eigenvalue weighted by molar-refractivity contribution is 5.95. The van der Waals surface area contributed by atoms with Crippen LogP contribution in [0.15, 0.2) is 23.4 Å². The zero-order valence-corrected chi connectivity index (χ0v) is 10.2. The topological polar surface area (TPSA) is 82.0 Å². The van der Waals surface area contributed by atoms with Crippen molar-refractivity contribution in [3.63, 3.8) is 0 Å². The number of carbonyl (C=O) groups excluding carboxylic acids is 1. The molecule has 2 heterocycles. The fourth-order valence-electron chi connectivity index (χ4n) is 2.09. The van der Waals surface area contributed by atoms with Crippen molar-refractivity contribution in [2.45, 2.75) is 12.6 Å². The predicted octanol–water partition coefficient (Wildman–Crippen LogP) is 2.76. The lowest BCUT2D eigenvalue weighted by Gasteiger charge is -2.19. The van der Waals surface area contributed by atoms with E-state index in [0.717, 1.165) is 11.0 Å². The number of aromatic nitrogens is 1. The van der Waals surface area contributed by atoms with Gasteiger partial charge in [-0.25, -0.2) is 4.98 Å². The van der Waals surface area contributed by atoms with Crippen LogP contribution >= 0.6 is 0 Å². The summed E-state index contributed by atoms with van der Waals surface area (Å²) in [6, 6.07) is 2.06. The van der Waals surface area contributed by atoms with E-state index in [1.165, 1.54) is 12.3 Å². The number of nitrogens with zero attached hydrogens (tertiary/aromatic N) is 5. The Balaban J connectivity index is 2.29. The molecule has 0 N–H and O–H groups in total. The third-order valence-corrected chi connectivity index (χ3v) is 2.96. The van der Waals surface area contributed by atoms with Gasteiger partial charge in [-0.05, 0) is 23.6 Å². The molecule has 6 nitrogen and oxygen atoms in total. The van der Waals surface area contributed by atoms with E-state index in [1.54, 1.807) is 0 Å². The molecule has 106 valence electrons. The minimum absolute atomic E-state index is 0.0485. The van der Waals surface area contributed by atoms with E-state index in [4.69, 9.17) is 5.53 Å². The van der Waals surface area contributed by atoms with E-state index in [0.29, 0.717) is 0 Å². The lowest BCUT2D eigenvalue weighted by atomic mass is 10.1. The minimum Gasteiger partial charge on any atom is -0.296 e. The first kappa shape index (κ1) is 14.1. The summed E-state index contributed by atoms with van der Waals surface area (Å²) in [7, 11) is 0. The Kier molecular flexibility index (Phi) is 3.80. The largest absolute Gasteiger partial charge is 0.419 e. The van der Waals surface area contributed by atoms with Gasteiger partial charge in [0.05, 0.1) is 5.56 Å². The molecular formula is C11H10F3N5O. The second-order valence-electron chi connectivity index (χ2n) is 4.36. The molecule has 0 spiro atoms. The Labute approximate surface area is 111 Å². The first-order valence-electron chi connectivity index (χ1n) is 5.77. The molecular weight excluding hydrogens is 275 g/mol. The van der Waals surface area contributed by atoms with Gasteiger partial charge in [0.2, 0.25) is 5.91 Å². The Morgan fingerprint density at radius 3 is 2.95 bits per heavy atom. The summed E-state index contributed by atoms with van der Waals surface area (Å²) in [5.41, 5.74) is 7.28. The molecule has 2 rings (SSSR count). The summed E-state index contributed by atoms with van der Waals surface area (Å²) < 4.78 is 38.7. The molecule has 1 aromatic rings. The summed E-state index contributed by atoms with van der Waals surface area (Å²) in [5.74, 6) is -1.14. The smallest absolute Gasteiger partial charge is 0.296 e. The van der Waals surface area contributed by atoms with Crippen LogP contribution in [-0.4, -0.2) is 24.0 Å². The summed E-state index contributed by atoms with van der Waals surface area (Å²) in [5, 5.41) is 3.35. The molecule has 1 aliphatic rings.